The number of carbonyl (C=O) groups excluding carboxylic acids is 1. The lowest BCUT2D eigenvalue weighted by Gasteiger charge is -2.12. The van der Waals surface area contributed by atoms with Crippen LogP contribution >= 0.6 is 31.9 Å². The monoisotopic (exact) mass is 389 g/mol. The van der Waals surface area contributed by atoms with E-state index >= 15 is 0 Å². The van der Waals surface area contributed by atoms with E-state index in [0.29, 0.717) is 14.8 Å². The second kappa shape index (κ2) is 5.46. The van der Waals surface area contributed by atoms with Crippen LogP contribution in [-0.2, 0) is 7.05 Å². The predicted octanol–water partition coefficient (Wildman–Crippen LogP) is 2.47. The third-order valence-corrected chi connectivity index (χ3v) is 4.85. The number of aromatic amines is 1. The molecule has 0 aliphatic carbocycles. The van der Waals surface area contributed by atoms with Crippen molar-refractivity contribution in [2.75, 3.05) is 0 Å². The summed E-state index contributed by atoms with van der Waals surface area (Å²) in [6.07, 6.45) is 1.76. The molecule has 0 aliphatic rings. The van der Waals surface area contributed by atoms with Gasteiger partial charge in [-0.3, -0.25) is 14.6 Å². The highest BCUT2D eigenvalue weighted by Crippen LogP contribution is 2.24. The summed E-state index contributed by atoms with van der Waals surface area (Å²) in [4.78, 5) is 12.1. The van der Waals surface area contributed by atoms with Gasteiger partial charge in [0.2, 0.25) is 0 Å². The van der Waals surface area contributed by atoms with Crippen LogP contribution in [-0.4, -0.2) is 25.9 Å². The number of hydrogen-bond acceptors (Lipinski definition) is 3. The third kappa shape index (κ3) is 2.74. The largest absolute Gasteiger partial charge is 0.344 e. The molecule has 0 aromatic carbocycles. The van der Waals surface area contributed by atoms with Crippen LogP contribution in [0.15, 0.2) is 15.3 Å². The number of nitrogens with one attached hydrogen (secondary N) is 2. The van der Waals surface area contributed by atoms with Crippen molar-refractivity contribution in [2.24, 2.45) is 7.05 Å². The summed E-state index contributed by atoms with van der Waals surface area (Å²) in [6, 6.07) is -0.136. The van der Waals surface area contributed by atoms with Crippen molar-refractivity contribution in [3.05, 3.63) is 32.2 Å². The van der Waals surface area contributed by atoms with Crippen molar-refractivity contribution in [1.82, 2.24) is 25.3 Å². The Hall–Kier alpha value is -1.15. The molecule has 0 fully saturated rings. The highest BCUT2D eigenvalue weighted by atomic mass is 79.9. The SMILES string of the molecule is Cc1c(C(C)NC(=O)c2n[nH]c(Br)c2Br)cnn1C. The summed E-state index contributed by atoms with van der Waals surface area (Å²) in [7, 11) is 1.87. The van der Waals surface area contributed by atoms with Crippen molar-refractivity contribution in [3.8, 4) is 0 Å². The van der Waals surface area contributed by atoms with Crippen LogP contribution in [0, 0.1) is 6.92 Å². The molecule has 0 bridgehead atoms. The van der Waals surface area contributed by atoms with Crippen LogP contribution in [0.25, 0.3) is 0 Å². The van der Waals surface area contributed by atoms with Gasteiger partial charge in [-0.05, 0) is 45.7 Å². The van der Waals surface area contributed by atoms with E-state index in [-0.39, 0.29) is 11.9 Å². The Bertz CT molecular complexity index is 619. The van der Waals surface area contributed by atoms with Gasteiger partial charge >= 0.3 is 0 Å². The summed E-state index contributed by atoms with van der Waals surface area (Å²) in [5.41, 5.74) is 2.33. The van der Waals surface area contributed by atoms with Gasteiger partial charge in [-0.25, -0.2) is 0 Å². The molecule has 1 amide bonds. The van der Waals surface area contributed by atoms with Gasteiger partial charge < -0.3 is 5.32 Å². The van der Waals surface area contributed by atoms with Crippen LogP contribution in [0.2, 0.25) is 0 Å². The maximum Gasteiger partial charge on any atom is 0.273 e. The quantitative estimate of drug-likeness (QED) is 0.845. The van der Waals surface area contributed by atoms with Gasteiger partial charge in [-0.1, -0.05) is 0 Å². The smallest absolute Gasteiger partial charge is 0.273 e. The van der Waals surface area contributed by atoms with Gasteiger partial charge in [0.15, 0.2) is 5.69 Å². The Morgan fingerprint density at radius 3 is 2.68 bits per heavy atom. The zero-order chi connectivity index (χ0) is 14.2. The lowest BCUT2D eigenvalue weighted by Crippen LogP contribution is -2.27. The molecule has 2 rings (SSSR count). The number of H-pyrrole nitrogens is 1. The van der Waals surface area contributed by atoms with Crippen molar-refractivity contribution in [2.45, 2.75) is 19.9 Å². The number of carbonyl (C=O) groups is 1. The van der Waals surface area contributed by atoms with Crippen LogP contribution < -0.4 is 5.32 Å². The summed E-state index contributed by atoms with van der Waals surface area (Å²) in [5.74, 6) is -0.246. The molecule has 6 nitrogen and oxygen atoms in total. The third-order valence-electron chi connectivity index (χ3n) is 2.97. The number of nitrogens with zero attached hydrogens (tertiary/aromatic N) is 3. The van der Waals surface area contributed by atoms with Gasteiger partial charge in [0.1, 0.15) is 4.60 Å². The molecule has 1 unspecified atom stereocenters. The molecule has 0 aliphatic heterocycles. The standard InChI is InChI=1S/C11H13Br2N5O/c1-5(7-4-14-18(3)6(7)2)15-11(19)9-8(12)10(13)17-16-9/h4-5H,1-3H3,(H,15,19)(H,16,17). The van der Waals surface area contributed by atoms with Crippen LogP contribution in [0.1, 0.15) is 34.7 Å². The lowest BCUT2D eigenvalue weighted by molar-refractivity contribution is 0.0934. The molecule has 102 valence electrons. The minimum atomic E-state index is -0.246. The Morgan fingerprint density at radius 1 is 1.53 bits per heavy atom. The summed E-state index contributed by atoms with van der Waals surface area (Å²) in [5, 5.41) is 13.7. The normalized spacial score (nSPS) is 12.5. The van der Waals surface area contributed by atoms with Gasteiger partial charge in [0.05, 0.1) is 16.7 Å². The molecule has 0 saturated heterocycles. The number of halogens is 2. The summed E-state index contributed by atoms with van der Waals surface area (Å²) >= 11 is 6.55. The highest BCUT2D eigenvalue weighted by molar-refractivity contribution is 9.13. The summed E-state index contributed by atoms with van der Waals surface area (Å²) < 4.78 is 3.03. The first-order valence-electron chi connectivity index (χ1n) is 5.60. The molecular weight excluding hydrogens is 378 g/mol. The predicted molar refractivity (Wildman–Crippen MR) is 77.8 cm³/mol. The zero-order valence-electron chi connectivity index (χ0n) is 10.7. The van der Waals surface area contributed by atoms with E-state index < -0.39 is 0 Å². The zero-order valence-corrected chi connectivity index (χ0v) is 13.8. The van der Waals surface area contributed by atoms with Crippen LogP contribution in [0.3, 0.4) is 0 Å². The molecule has 2 heterocycles. The van der Waals surface area contributed by atoms with Gasteiger partial charge in [-0.15, -0.1) is 0 Å². The van der Waals surface area contributed by atoms with E-state index in [1.54, 1.807) is 10.9 Å². The maximum absolute atomic E-state index is 12.1. The average Bonchev–Trinajstić information content (AvgIpc) is 2.85. The molecular formula is C11H13Br2N5O. The van der Waals surface area contributed by atoms with E-state index in [1.165, 1.54) is 0 Å². The van der Waals surface area contributed by atoms with Crippen molar-refractivity contribution in [1.29, 1.82) is 0 Å². The number of rotatable bonds is 3. The van der Waals surface area contributed by atoms with Crippen molar-refractivity contribution >= 4 is 37.8 Å². The Kier molecular flexibility index (Phi) is 4.10. The first kappa shape index (κ1) is 14.3. The Labute approximate surface area is 127 Å². The first-order chi connectivity index (χ1) is 8.91. The molecule has 8 heteroatoms. The van der Waals surface area contributed by atoms with Gasteiger partial charge in [0.25, 0.3) is 5.91 Å². The molecule has 2 N–H and O–H groups in total. The fraction of sp³-hybridized carbons (Fsp3) is 0.364. The molecule has 0 spiro atoms. The summed E-state index contributed by atoms with van der Waals surface area (Å²) in [6.45, 7) is 3.88. The molecule has 1 atom stereocenters. The average molecular weight is 391 g/mol. The Morgan fingerprint density at radius 2 is 2.21 bits per heavy atom. The molecule has 19 heavy (non-hydrogen) atoms. The molecule has 2 aromatic heterocycles. The van der Waals surface area contributed by atoms with E-state index in [1.807, 2.05) is 20.9 Å². The Balaban J connectivity index is 2.15. The molecule has 0 saturated carbocycles. The number of aromatic nitrogens is 4. The minimum absolute atomic E-state index is 0.136. The fourth-order valence-corrected chi connectivity index (χ4v) is 2.37. The van der Waals surface area contributed by atoms with Crippen molar-refractivity contribution in [3.63, 3.8) is 0 Å². The van der Waals surface area contributed by atoms with Gasteiger partial charge in [0, 0.05) is 18.3 Å². The molecule has 0 radical (unpaired) electrons. The number of amides is 1. The van der Waals surface area contributed by atoms with E-state index in [4.69, 9.17) is 0 Å². The van der Waals surface area contributed by atoms with Gasteiger partial charge in [-0.2, -0.15) is 10.2 Å². The highest BCUT2D eigenvalue weighted by Gasteiger charge is 2.20. The topological polar surface area (TPSA) is 75.6 Å². The lowest BCUT2D eigenvalue weighted by atomic mass is 10.1. The van der Waals surface area contributed by atoms with Crippen molar-refractivity contribution < 1.29 is 4.79 Å². The second-order valence-corrected chi connectivity index (χ2v) is 5.79. The fourth-order valence-electron chi connectivity index (χ4n) is 1.74. The number of hydrogen-bond donors (Lipinski definition) is 2. The van der Waals surface area contributed by atoms with E-state index in [0.717, 1.165) is 11.3 Å². The minimum Gasteiger partial charge on any atom is -0.344 e. The van der Waals surface area contributed by atoms with Crippen LogP contribution in [0.4, 0.5) is 0 Å². The first-order valence-corrected chi connectivity index (χ1v) is 7.19. The number of aryl methyl sites for hydroxylation is 1. The van der Waals surface area contributed by atoms with E-state index in [9.17, 15) is 4.79 Å². The van der Waals surface area contributed by atoms with Crippen LogP contribution in [0.5, 0.6) is 0 Å². The maximum atomic E-state index is 12.1. The molecule has 2 aromatic rings. The second-order valence-electron chi connectivity index (χ2n) is 4.20. The van der Waals surface area contributed by atoms with E-state index in [2.05, 4.69) is 52.5 Å².